The molecule has 1 amide bonds. The van der Waals surface area contributed by atoms with Crippen molar-refractivity contribution < 1.29 is 14.3 Å². The van der Waals surface area contributed by atoms with E-state index in [-0.39, 0.29) is 0 Å². The van der Waals surface area contributed by atoms with Gasteiger partial charge in [0.05, 0.1) is 30.2 Å². The third-order valence-electron chi connectivity index (χ3n) is 3.99. The summed E-state index contributed by atoms with van der Waals surface area (Å²) in [6, 6.07) is 12.3. The van der Waals surface area contributed by atoms with Crippen LogP contribution in [-0.2, 0) is 4.79 Å². The third kappa shape index (κ3) is 5.28. The number of methoxy groups -OCH3 is 1. The lowest BCUT2D eigenvalue weighted by Gasteiger charge is -2.14. The van der Waals surface area contributed by atoms with E-state index in [1.54, 1.807) is 38.4 Å². The van der Waals surface area contributed by atoms with Crippen molar-refractivity contribution in [1.82, 2.24) is 15.6 Å². The minimum absolute atomic E-state index is 0.322. The Hall–Kier alpha value is -3.03. The average molecular weight is 433 g/mol. The van der Waals surface area contributed by atoms with Crippen molar-refractivity contribution in [3.63, 3.8) is 0 Å². The van der Waals surface area contributed by atoms with Crippen LogP contribution in [0.4, 0.5) is 0 Å². The number of H-pyrrole nitrogens is 1. The molecule has 1 atom stereocenters. The fraction of sp³-hybridized carbons (Fsp3) is 0.150. The van der Waals surface area contributed by atoms with Crippen LogP contribution in [-0.4, -0.2) is 35.5 Å². The van der Waals surface area contributed by atoms with Crippen molar-refractivity contribution in [2.75, 3.05) is 7.11 Å². The number of carbonyl (C=O) groups is 1. The first-order chi connectivity index (χ1) is 14.0. The van der Waals surface area contributed by atoms with Gasteiger partial charge in [-0.3, -0.25) is 9.89 Å². The number of benzene rings is 2. The predicted octanol–water partition coefficient (Wildman–Crippen LogP) is 4.31. The lowest BCUT2D eigenvalue weighted by molar-refractivity contribution is -0.127. The SMILES string of the molecule is COc1ccc(-c2[nH]ncc2/C=N\NC(=O)[C@@H](C)Oc2ccc(Cl)cc2Cl)cc1. The number of rotatable bonds is 7. The van der Waals surface area contributed by atoms with Gasteiger partial charge in [0.25, 0.3) is 5.91 Å². The summed E-state index contributed by atoms with van der Waals surface area (Å²) in [5, 5.41) is 11.8. The summed E-state index contributed by atoms with van der Waals surface area (Å²) in [7, 11) is 1.61. The number of hydrazone groups is 1. The number of nitrogens with one attached hydrogen (secondary N) is 2. The van der Waals surface area contributed by atoms with E-state index in [0.717, 1.165) is 17.0 Å². The van der Waals surface area contributed by atoms with Gasteiger partial charge in [0.15, 0.2) is 6.10 Å². The lowest BCUT2D eigenvalue weighted by atomic mass is 10.1. The van der Waals surface area contributed by atoms with Crippen LogP contribution in [0, 0.1) is 0 Å². The highest BCUT2D eigenvalue weighted by molar-refractivity contribution is 6.35. The molecule has 0 saturated heterocycles. The molecule has 0 saturated carbocycles. The molecule has 2 N–H and O–H groups in total. The van der Waals surface area contributed by atoms with Crippen molar-refractivity contribution in [2.45, 2.75) is 13.0 Å². The monoisotopic (exact) mass is 432 g/mol. The quantitative estimate of drug-likeness (QED) is 0.429. The number of aromatic amines is 1. The highest BCUT2D eigenvalue weighted by atomic mass is 35.5. The molecule has 0 spiro atoms. The molecule has 0 aliphatic rings. The Labute approximate surface area is 177 Å². The lowest BCUT2D eigenvalue weighted by Crippen LogP contribution is -2.33. The predicted molar refractivity (Wildman–Crippen MR) is 113 cm³/mol. The molecular formula is C20H18Cl2N4O3. The van der Waals surface area contributed by atoms with E-state index in [1.165, 1.54) is 6.21 Å². The number of carbonyl (C=O) groups excluding carboxylic acids is 1. The second-order valence-electron chi connectivity index (χ2n) is 6.00. The Kier molecular flexibility index (Phi) is 6.74. The van der Waals surface area contributed by atoms with Gasteiger partial charge in [-0.25, -0.2) is 5.43 Å². The Morgan fingerprint density at radius 1 is 1.24 bits per heavy atom. The Morgan fingerprint density at radius 3 is 2.69 bits per heavy atom. The highest BCUT2D eigenvalue weighted by Gasteiger charge is 2.16. The molecule has 1 heterocycles. The molecule has 7 nitrogen and oxygen atoms in total. The molecule has 0 aliphatic heterocycles. The first kappa shape index (κ1) is 20.7. The van der Waals surface area contributed by atoms with Crippen molar-refractivity contribution in [2.24, 2.45) is 5.10 Å². The van der Waals surface area contributed by atoms with E-state index < -0.39 is 12.0 Å². The normalized spacial score (nSPS) is 12.0. The molecule has 3 aromatic rings. The molecule has 29 heavy (non-hydrogen) atoms. The minimum Gasteiger partial charge on any atom is -0.497 e. The standard InChI is InChI=1S/C20H18Cl2N4O3/c1-12(29-18-8-5-15(21)9-17(18)22)20(27)26-24-11-14-10-23-25-19(14)13-3-6-16(28-2)7-4-13/h3-12H,1-2H3,(H,23,25)(H,26,27)/b24-11-/t12-/m1/s1. The van der Waals surface area contributed by atoms with E-state index in [9.17, 15) is 4.79 Å². The molecule has 3 rings (SSSR count). The number of amides is 1. The fourth-order valence-electron chi connectivity index (χ4n) is 2.45. The van der Waals surface area contributed by atoms with Crippen LogP contribution in [0.3, 0.4) is 0 Å². The molecule has 0 unspecified atom stereocenters. The number of hydrogen-bond acceptors (Lipinski definition) is 5. The molecule has 0 radical (unpaired) electrons. The van der Waals surface area contributed by atoms with Crippen molar-refractivity contribution >= 4 is 35.3 Å². The molecular weight excluding hydrogens is 415 g/mol. The third-order valence-corrected chi connectivity index (χ3v) is 4.52. The van der Waals surface area contributed by atoms with Gasteiger partial charge in [-0.05, 0) is 49.4 Å². The molecule has 0 bridgehead atoms. The molecule has 0 aliphatic carbocycles. The van der Waals surface area contributed by atoms with Crippen molar-refractivity contribution in [3.05, 3.63) is 64.3 Å². The maximum atomic E-state index is 12.2. The van der Waals surface area contributed by atoms with Gasteiger partial charge in [0, 0.05) is 16.1 Å². The van der Waals surface area contributed by atoms with Crippen LogP contribution in [0.2, 0.25) is 10.0 Å². The maximum absolute atomic E-state index is 12.2. The van der Waals surface area contributed by atoms with E-state index in [4.69, 9.17) is 32.7 Å². The highest BCUT2D eigenvalue weighted by Crippen LogP contribution is 2.28. The smallest absolute Gasteiger partial charge is 0.280 e. The molecule has 2 aromatic carbocycles. The number of nitrogens with zero attached hydrogens (tertiary/aromatic N) is 2. The van der Waals surface area contributed by atoms with E-state index in [2.05, 4.69) is 20.7 Å². The van der Waals surface area contributed by atoms with Crippen LogP contribution < -0.4 is 14.9 Å². The average Bonchev–Trinajstić information content (AvgIpc) is 3.18. The first-order valence-corrected chi connectivity index (χ1v) is 9.36. The topological polar surface area (TPSA) is 88.6 Å². The minimum atomic E-state index is -0.809. The van der Waals surface area contributed by atoms with Gasteiger partial charge < -0.3 is 9.47 Å². The van der Waals surface area contributed by atoms with Gasteiger partial charge in [-0.15, -0.1) is 0 Å². The molecule has 1 aromatic heterocycles. The summed E-state index contributed by atoms with van der Waals surface area (Å²) in [4.78, 5) is 12.2. The van der Waals surface area contributed by atoms with Gasteiger partial charge >= 0.3 is 0 Å². The second kappa shape index (κ2) is 9.45. The number of ether oxygens (including phenoxy) is 2. The van der Waals surface area contributed by atoms with E-state index in [1.807, 2.05) is 24.3 Å². The zero-order valence-corrected chi connectivity index (χ0v) is 17.2. The van der Waals surface area contributed by atoms with E-state index >= 15 is 0 Å². The summed E-state index contributed by atoms with van der Waals surface area (Å²) in [6.45, 7) is 1.59. The second-order valence-corrected chi connectivity index (χ2v) is 6.84. The zero-order chi connectivity index (χ0) is 20.8. The largest absolute Gasteiger partial charge is 0.497 e. The van der Waals surface area contributed by atoms with Gasteiger partial charge in [-0.1, -0.05) is 23.2 Å². The summed E-state index contributed by atoms with van der Waals surface area (Å²) >= 11 is 11.9. The Morgan fingerprint density at radius 2 is 2.00 bits per heavy atom. The molecule has 150 valence electrons. The summed E-state index contributed by atoms with van der Waals surface area (Å²) in [6.07, 6.45) is 2.31. The zero-order valence-electron chi connectivity index (χ0n) is 15.6. The fourth-order valence-corrected chi connectivity index (χ4v) is 2.91. The summed E-state index contributed by atoms with van der Waals surface area (Å²) in [5.74, 6) is 0.687. The van der Waals surface area contributed by atoms with Gasteiger partial charge in [-0.2, -0.15) is 10.2 Å². The first-order valence-electron chi connectivity index (χ1n) is 8.60. The van der Waals surface area contributed by atoms with Crippen LogP contribution in [0.15, 0.2) is 53.8 Å². The summed E-state index contributed by atoms with van der Waals surface area (Å²) < 4.78 is 10.7. The molecule has 0 fully saturated rings. The van der Waals surface area contributed by atoms with Gasteiger partial charge in [0.1, 0.15) is 11.5 Å². The number of aromatic nitrogens is 2. The Bertz CT molecular complexity index is 1020. The molecule has 9 heteroatoms. The van der Waals surface area contributed by atoms with Crippen LogP contribution in [0.5, 0.6) is 11.5 Å². The number of hydrogen-bond donors (Lipinski definition) is 2. The van der Waals surface area contributed by atoms with E-state index in [0.29, 0.717) is 21.4 Å². The van der Waals surface area contributed by atoms with Crippen molar-refractivity contribution in [3.8, 4) is 22.8 Å². The van der Waals surface area contributed by atoms with Crippen molar-refractivity contribution in [1.29, 1.82) is 0 Å². The summed E-state index contributed by atoms with van der Waals surface area (Å²) in [5.41, 5.74) is 4.83. The van der Waals surface area contributed by atoms with Crippen LogP contribution >= 0.6 is 23.2 Å². The Balaban J connectivity index is 1.62. The van der Waals surface area contributed by atoms with Gasteiger partial charge in [0.2, 0.25) is 0 Å². The number of halogens is 2. The maximum Gasteiger partial charge on any atom is 0.280 e. The van der Waals surface area contributed by atoms with Crippen LogP contribution in [0.25, 0.3) is 11.3 Å². The van der Waals surface area contributed by atoms with Crippen LogP contribution in [0.1, 0.15) is 12.5 Å².